The molecule has 0 aromatic heterocycles. The Morgan fingerprint density at radius 3 is 2.85 bits per heavy atom. The summed E-state index contributed by atoms with van der Waals surface area (Å²) in [4.78, 5) is 4.79. The van der Waals surface area contributed by atoms with Crippen LogP contribution in [0.2, 0.25) is 0 Å². The summed E-state index contributed by atoms with van der Waals surface area (Å²) in [5, 5.41) is 0. The van der Waals surface area contributed by atoms with Gasteiger partial charge < -0.3 is 10.6 Å². The van der Waals surface area contributed by atoms with Gasteiger partial charge in [0.2, 0.25) is 0 Å². The number of halogens is 1. The van der Waals surface area contributed by atoms with Crippen molar-refractivity contribution in [3.63, 3.8) is 0 Å². The first-order chi connectivity index (χ1) is 9.47. The molecule has 1 unspecified atom stereocenters. The number of hydrogen-bond acceptors (Lipinski definition) is 3. The van der Waals surface area contributed by atoms with Gasteiger partial charge in [-0.1, -0.05) is 24.4 Å². The Morgan fingerprint density at radius 2 is 2.25 bits per heavy atom. The highest BCUT2D eigenvalue weighted by molar-refractivity contribution is 7.80. The molecule has 1 atom stereocenters. The van der Waals surface area contributed by atoms with E-state index in [0.29, 0.717) is 18.2 Å². The fourth-order valence-electron chi connectivity index (χ4n) is 2.78. The number of hydrogen-bond donors (Lipinski definition) is 1. The summed E-state index contributed by atoms with van der Waals surface area (Å²) >= 11 is 4.87. The topological polar surface area (TPSA) is 32.5 Å². The molecule has 0 amide bonds. The van der Waals surface area contributed by atoms with Crippen LogP contribution < -0.4 is 5.73 Å². The molecule has 0 spiro atoms. The lowest BCUT2D eigenvalue weighted by Crippen LogP contribution is -2.37. The molecule has 1 saturated heterocycles. The zero-order valence-electron chi connectivity index (χ0n) is 12.1. The maximum atomic E-state index is 14.1. The van der Waals surface area contributed by atoms with E-state index in [9.17, 15) is 4.39 Å². The standard InChI is InChI=1S/C15H22FN3S/c1-18(2)10-13-4-3-7-19(13)9-12-6-5-11(15(17)20)8-14(12)16/h5-6,8,13H,3-4,7,9-10H2,1-2H3,(H2,17,20). The SMILES string of the molecule is CN(C)CC1CCCN1Cc1ccc(C(N)=S)cc1F. The van der Waals surface area contributed by atoms with Crippen LogP contribution >= 0.6 is 12.2 Å². The maximum Gasteiger partial charge on any atom is 0.128 e. The molecule has 0 bridgehead atoms. The number of thiocarbonyl (C=S) groups is 1. The van der Waals surface area contributed by atoms with Gasteiger partial charge in [0.25, 0.3) is 0 Å². The van der Waals surface area contributed by atoms with E-state index in [2.05, 4.69) is 23.9 Å². The smallest absolute Gasteiger partial charge is 0.128 e. The van der Waals surface area contributed by atoms with Crippen LogP contribution in [0.15, 0.2) is 18.2 Å². The summed E-state index contributed by atoms with van der Waals surface area (Å²) in [6, 6.07) is 5.56. The van der Waals surface area contributed by atoms with E-state index >= 15 is 0 Å². The van der Waals surface area contributed by atoms with E-state index in [-0.39, 0.29) is 10.8 Å². The van der Waals surface area contributed by atoms with Crippen molar-refractivity contribution < 1.29 is 4.39 Å². The Bertz CT molecular complexity index is 490. The second kappa shape index (κ2) is 6.61. The molecular formula is C15H22FN3S. The first-order valence-corrected chi connectivity index (χ1v) is 7.35. The highest BCUT2D eigenvalue weighted by Gasteiger charge is 2.25. The Morgan fingerprint density at radius 1 is 1.50 bits per heavy atom. The molecule has 0 aliphatic carbocycles. The van der Waals surface area contributed by atoms with Crippen LogP contribution in [0.1, 0.15) is 24.0 Å². The average molecular weight is 295 g/mol. The fraction of sp³-hybridized carbons (Fsp3) is 0.533. The van der Waals surface area contributed by atoms with E-state index in [0.717, 1.165) is 18.7 Å². The summed E-state index contributed by atoms with van der Waals surface area (Å²) in [5.41, 5.74) is 6.83. The quantitative estimate of drug-likeness (QED) is 0.842. The summed E-state index contributed by atoms with van der Waals surface area (Å²) in [6.45, 7) is 2.71. The summed E-state index contributed by atoms with van der Waals surface area (Å²) < 4.78 is 14.1. The molecule has 1 aromatic rings. The lowest BCUT2D eigenvalue weighted by molar-refractivity contribution is 0.199. The Balaban J connectivity index is 2.07. The van der Waals surface area contributed by atoms with Gasteiger partial charge in [-0.2, -0.15) is 0 Å². The van der Waals surface area contributed by atoms with E-state index in [1.165, 1.54) is 18.9 Å². The molecule has 0 radical (unpaired) electrons. The highest BCUT2D eigenvalue weighted by atomic mass is 32.1. The van der Waals surface area contributed by atoms with Crippen LogP contribution in [0.3, 0.4) is 0 Å². The summed E-state index contributed by atoms with van der Waals surface area (Å²) in [7, 11) is 4.15. The molecule has 5 heteroatoms. The molecule has 3 nitrogen and oxygen atoms in total. The number of likely N-dealkylation sites (tertiary alicyclic amines) is 1. The van der Waals surface area contributed by atoms with Crippen molar-refractivity contribution in [3.8, 4) is 0 Å². The molecule has 0 saturated carbocycles. The van der Waals surface area contributed by atoms with Crippen LogP contribution in [0, 0.1) is 5.82 Å². The predicted molar refractivity (Wildman–Crippen MR) is 84.3 cm³/mol. The number of likely N-dealkylation sites (N-methyl/N-ethyl adjacent to an activating group) is 1. The Kier molecular flexibility index (Phi) is 5.07. The minimum atomic E-state index is -0.217. The van der Waals surface area contributed by atoms with Crippen molar-refractivity contribution in [2.75, 3.05) is 27.2 Å². The molecule has 1 aliphatic rings. The van der Waals surface area contributed by atoms with E-state index in [1.807, 2.05) is 0 Å². The van der Waals surface area contributed by atoms with Gasteiger partial charge in [0.15, 0.2) is 0 Å². The Hall–Kier alpha value is -1.04. The fourth-order valence-corrected chi connectivity index (χ4v) is 2.91. The number of benzene rings is 1. The summed E-state index contributed by atoms with van der Waals surface area (Å²) in [6.07, 6.45) is 2.37. The lowest BCUT2D eigenvalue weighted by Gasteiger charge is -2.27. The third-order valence-electron chi connectivity index (χ3n) is 3.79. The van der Waals surface area contributed by atoms with Crippen molar-refractivity contribution in [3.05, 3.63) is 35.1 Å². The van der Waals surface area contributed by atoms with Crippen LogP contribution in [0.25, 0.3) is 0 Å². The molecular weight excluding hydrogens is 273 g/mol. The first kappa shape index (κ1) is 15.4. The van der Waals surface area contributed by atoms with Crippen LogP contribution in [0.4, 0.5) is 4.39 Å². The van der Waals surface area contributed by atoms with Gasteiger partial charge in [-0.25, -0.2) is 4.39 Å². The van der Waals surface area contributed by atoms with E-state index < -0.39 is 0 Å². The highest BCUT2D eigenvalue weighted by Crippen LogP contribution is 2.22. The number of nitrogens with zero attached hydrogens (tertiary/aromatic N) is 2. The van der Waals surface area contributed by atoms with Crippen molar-refractivity contribution in [2.24, 2.45) is 5.73 Å². The second-order valence-electron chi connectivity index (χ2n) is 5.70. The average Bonchev–Trinajstić information content (AvgIpc) is 2.78. The van der Waals surface area contributed by atoms with Gasteiger partial charge in [0.05, 0.1) is 0 Å². The zero-order valence-corrected chi connectivity index (χ0v) is 12.9. The van der Waals surface area contributed by atoms with Crippen molar-refractivity contribution in [2.45, 2.75) is 25.4 Å². The van der Waals surface area contributed by atoms with Gasteiger partial charge in [0.1, 0.15) is 10.8 Å². The third-order valence-corrected chi connectivity index (χ3v) is 4.02. The van der Waals surface area contributed by atoms with Crippen LogP contribution in [0.5, 0.6) is 0 Å². The van der Waals surface area contributed by atoms with E-state index in [4.69, 9.17) is 18.0 Å². The van der Waals surface area contributed by atoms with Crippen molar-refractivity contribution >= 4 is 17.2 Å². The second-order valence-corrected chi connectivity index (χ2v) is 6.14. The molecule has 20 heavy (non-hydrogen) atoms. The summed E-state index contributed by atoms with van der Waals surface area (Å²) in [5.74, 6) is -0.217. The number of rotatable bonds is 5. The van der Waals surface area contributed by atoms with Gasteiger partial charge in [-0.05, 0) is 39.5 Å². The Labute approximate surface area is 125 Å². The predicted octanol–water partition coefficient (Wildman–Crippen LogP) is 1.99. The molecule has 1 aromatic carbocycles. The monoisotopic (exact) mass is 295 g/mol. The van der Waals surface area contributed by atoms with Crippen LogP contribution in [-0.4, -0.2) is 48.0 Å². The molecule has 1 fully saturated rings. The normalized spacial score (nSPS) is 19.7. The molecule has 1 heterocycles. The molecule has 2 N–H and O–H groups in total. The van der Waals surface area contributed by atoms with Crippen molar-refractivity contribution in [1.29, 1.82) is 0 Å². The lowest BCUT2D eigenvalue weighted by atomic mass is 10.1. The van der Waals surface area contributed by atoms with E-state index in [1.54, 1.807) is 12.1 Å². The van der Waals surface area contributed by atoms with Gasteiger partial charge in [-0.15, -0.1) is 0 Å². The third kappa shape index (κ3) is 3.75. The van der Waals surface area contributed by atoms with Crippen LogP contribution in [-0.2, 0) is 6.54 Å². The van der Waals surface area contributed by atoms with Gasteiger partial charge in [0, 0.05) is 30.3 Å². The van der Waals surface area contributed by atoms with Gasteiger partial charge in [-0.3, -0.25) is 4.90 Å². The molecule has 110 valence electrons. The number of nitrogens with two attached hydrogens (primary N) is 1. The minimum absolute atomic E-state index is 0.217. The first-order valence-electron chi connectivity index (χ1n) is 6.94. The largest absolute Gasteiger partial charge is 0.389 e. The van der Waals surface area contributed by atoms with Crippen molar-refractivity contribution in [1.82, 2.24) is 9.80 Å². The zero-order chi connectivity index (χ0) is 14.7. The molecule has 2 rings (SSSR count). The maximum absolute atomic E-state index is 14.1. The molecule has 1 aliphatic heterocycles. The van der Waals surface area contributed by atoms with Gasteiger partial charge >= 0.3 is 0 Å². The minimum Gasteiger partial charge on any atom is -0.389 e.